The first kappa shape index (κ1) is 9.19. The maximum absolute atomic E-state index is 10.9. The number of carbonyl (C=O) groups excluding carboxylic acids is 1. The Hall–Kier alpha value is 0.1000. The lowest BCUT2D eigenvalue weighted by molar-refractivity contribution is 0.110. The molecule has 11 heavy (non-hydrogen) atoms. The second-order valence-corrected chi connectivity index (χ2v) is 3.65. The highest BCUT2D eigenvalue weighted by molar-refractivity contribution is 14.1. The van der Waals surface area contributed by atoms with Gasteiger partial charge in [-0.05, 0) is 11.6 Å². The van der Waals surface area contributed by atoms with E-state index in [1.807, 2.05) is 24.3 Å². The molecule has 0 heterocycles. The summed E-state index contributed by atoms with van der Waals surface area (Å²) in [4.78, 5) is 10.9. The van der Waals surface area contributed by atoms with Gasteiger partial charge in [-0.15, -0.1) is 0 Å². The highest BCUT2D eigenvalue weighted by atomic mass is 127. The van der Waals surface area contributed by atoms with Crippen molar-refractivity contribution in [3.8, 4) is 0 Å². The summed E-state index contributed by atoms with van der Waals surface area (Å²) < 4.78 is 0.0883. The molecule has 0 saturated carbocycles. The van der Waals surface area contributed by atoms with Crippen molar-refractivity contribution in [1.29, 1.82) is 0 Å². The fraction of sp³-hybridized carbons (Fsp3) is 0.125. The van der Waals surface area contributed by atoms with Gasteiger partial charge in [0, 0.05) is 33.5 Å². The highest BCUT2D eigenvalue weighted by Crippen LogP contribution is 2.11. The van der Waals surface area contributed by atoms with Crippen molar-refractivity contribution in [2.24, 2.45) is 0 Å². The van der Waals surface area contributed by atoms with Gasteiger partial charge in [-0.3, -0.25) is 4.79 Å². The van der Waals surface area contributed by atoms with Crippen LogP contribution in [-0.2, 0) is 5.33 Å². The molecule has 0 fully saturated rings. The summed E-state index contributed by atoms with van der Waals surface area (Å²) in [6.07, 6.45) is 0. The summed E-state index contributed by atoms with van der Waals surface area (Å²) in [5.41, 5.74) is 1.90. The van der Waals surface area contributed by atoms with Crippen LogP contribution in [0.1, 0.15) is 15.9 Å². The summed E-state index contributed by atoms with van der Waals surface area (Å²) in [6.45, 7) is 0. The molecule has 1 rings (SSSR count). The lowest BCUT2D eigenvalue weighted by atomic mass is 10.2. The number of carbonyl (C=O) groups is 1. The summed E-state index contributed by atoms with van der Waals surface area (Å²) >= 11 is 5.11. The molecule has 0 aliphatic carbocycles. The minimum absolute atomic E-state index is 0.0883. The van der Waals surface area contributed by atoms with Crippen molar-refractivity contribution >= 4 is 42.3 Å². The smallest absolute Gasteiger partial charge is 0.222 e. The van der Waals surface area contributed by atoms with Crippen LogP contribution in [0.25, 0.3) is 0 Å². The minimum atomic E-state index is 0.0883. The summed E-state index contributed by atoms with van der Waals surface area (Å²) in [5.74, 6) is 0. The van der Waals surface area contributed by atoms with E-state index in [-0.39, 0.29) is 3.79 Å². The van der Waals surface area contributed by atoms with Crippen molar-refractivity contribution in [3.63, 3.8) is 0 Å². The zero-order valence-electron chi connectivity index (χ0n) is 5.68. The highest BCUT2D eigenvalue weighted by Gasteiger charge is 1.99. The summed E-state index contributed by atoms with van der Waals surface area (Å²) in [7, 11) is 0. The molecular weight excluding hydrogens is 319 g/mol. The first-order valence-electron chi connectivity index (χ1n) is 3.09. The van der Waals surface area contributed by atoms with Gasteiger partial charge in [-0.25, -0.2) is 0 Å². The van der Waals surface area contributed by atoms with E-state index in [0.29, 0.717) is 0 Å². The van der Waals surface area contributed by atoms with Gasteiger partial charge in [0.05, 0.1) is 0 Å². The van der Waals surface area contributed by atoms with E-state index in [0.717, 1.165) is 16.5 Å². The van der Waals surface area contributed by atoms with Gasteiger partial charge < -0.3 is 0 Å². The molecule has 0 radical (unpaired) electrons. The van der Waals surface area contributed by atoms with Gasteiger partial charge in [0.1, 0.15) is 0 Å². The fourth-order valence-electron chi connectivity index (χ4n) is 0.777. The predicted molar refractivity (Wildman–Crippen MR) is 57.4 cm³/mol. The molecule has 1 aromatic rings. The molecule has 1 aromatic carbocycles. The second kappa shape index (κ2) is 4.21. The Morgan fingerprint density at radius 3 is 2.82 bits per heavy atom. The van der Waals surface area contributed by atoms with Crippen LogP contribution >= 0.6 is 38.5 Å². The van der Waals surface area contributed by atoms with E-state index in [9.17, 15) is 4.79 Å². The Balaban J connectivity index is 3.01. The van der Waals surface area contributed by atoms with Crippen LogP contribution in [0.3, 0.4) is 0 Å². The van der Waals surface area contributed by atoms with Gasteiger partial charge in [-0.2, -0.15) is 0 Å². The molecule has 0 N–H and O–H groups in total. The Morgan fingerprint density at radius 2 is 2.27 bits per heavy atom. The van der Waals surface area contributed by atoms with Gasteiger partial charge in [-0.1, -0.05) is 34.1 Å². The lowest BCUT2D eigenvalue weighted by Crippen LogP contribution is -1.88. The molecule has 0 aliphatic rings. The van der Waals surface area contributed by atoms with Gasteiger partial charge in [0.2, 0.25) is 3.79 Å². The zero-order chi connectivity index (χ0) is 8.27. The molecular formula is C8H6BrIO. The van der Waals surface area contributed by atoms with Crippen LogP contribution in [0.5, 0.6) is 0 Å². The van der Waals surface area contributed by atoms with Crippen molar-refractivity contribution in [1.82, 2.24) is 0 Å². The maximum Gasteiger partial charge on any atom is 0.222 e. The Labute approximate surface area is 87.5 Å². The Bertz CT molecular complexity index is 273. The molecule has 0 amide bonds. The summed E-state index contributed by atoms with van der Waals surface area (Å²) in [6, 6.07) is 7.59. The first-order chi connectivity index (χ1) is 5.24. The first-order valence-corrected chi connectivity index (χ1v) is 5.29. The number of benzene rings is 1. The molecule has 58 valence electrons. The maximum atomic E-state index is 10.9. The van der Waals surface area contributed by atoms with Crippen LogP contribution in [0.2, 0.25) is 0 Å². The molecule has 0 unspecified atom stereocenters. The van der Waals surface area contributed by atoms with E-state index in [2.05, 4.69) is 15.9 Å². The molecule has 0 bridgehead atoms. The monoisotopic (exact) mass is 324 g/mol. The number of hydrogen-bond acceptors (Lipinski definition) is 1. The lowest BCUT2D eigenvalue weighted by Gasteiger charge is -1.96. The van der Waals surface area contributed by atoms with Crippen LogP contribution in [0, 0.1) is 0 Å². The molecule has 0 saturated heterocycles. The van der Waals surface area contributed by atoms with Crippen molar-refractivity contribution in [3.05, 3.63) is 35.4 Å². The second-order valence-electron chi connectivity index (χ2n) is 2.11. The van der Waals surface area contributed by atoms with Crippen LogP contribution < -0.4 is 0 Å². The standard InChI is InChI=1S/C8H6BrIO/c9-5-6-2-1-3-7(4-6)8(10)11/h1-4H,5H2. The number of hydrogen-bond donors (Lipinski definition) is 0. The number of alkyl halides is 1. The zero-order valence-corrected chi connectivity index (χ0v) is 9.42. The van der Waals surface area contributed by atoms with Crippen molar-refractivity contribution in [2.45, 2.75) is 5.33 Å². The summed E-state index contributed by atoms with van der Waals surface area (Å²) in [5, 5.41) is 0.796. The molecule has 1 nitrogen and oxygen atoms in total. The molecule has 0 spiro atoms. The van der Waals surface area contributed by atoms with Crippen LogP contribution in [0.15, 0.2) is 24.3 Å². The number of rotatable bonds is 2. The minimum Gasteiger partial charge on any atom is -0.282 e. The normalized spacial score (nSPS) is 9.64. The van der Waals surface area contributed by atoms with Gasteiger partial charge in [0.25, 0.3) is 0 Å². The third-order valence-electron chi connectivity index (χ3n) is 1.31. The average molecular weight is 325 g/mol. The Morgan fingerprint density at radius 1 is 1.55 bits per heavy atom. The molecule has 0 atom stereocenters. The average Bonchev–Trinajstić information content (AvgIpc) is 2.05. The SMILES string of the molecule is O=C(I)c1cccc(CBr)c1. The third kappa shape index (κ3) is 2.56. The van der Waals surface area contributed by atoms with E-state index in [4.69, 9.17) is 0 Å². The molecule has 3 heteroatoms. The van der Waals surface area contributed by atoms with E-state index in [1.165, 1.54) is 0 Å². The largest absolute Gasteiger partial charge is 0.282 e. The van der Waals surface area contributed by atoms with E-state index >= 15 is 0 Å². The molecule has 0 aromatic heterocycles. The molecule has 0 aliphatic heterocycles. The third-order valence-corrected chi connectivity index (χ3v) is 2.58. The van der Waals surface area contributed by atoms with Gasteiger partial charge >= 0.3 is 0 Å². The van der Waals surface area contributed by atoms with Crippen LogP contribution in [-0.4, -0.2) is 3.79 Å². The van der Waals surface area contributed by atoms with Crippen molar-refractivity contribution in [2.75, 3.05) is 0 Å². The van der Waals surface area contributed by atoms with Crippen molar-refractivity contribution < 1.29 is 4.79 Å². The Kier molecular flexibility index (Phi) is 3.51. The quantitative estimate of drug-likeness (QED) is 0.464. The fourth-order valence-corrected chi connectivity index (χ4v) is 1.46. The van der Waals surface area contributed by atoms with Gasteiger partial charge in [0.15, 0.2) is 0 Å². The topological polar surface area (TPSA) is 17.1 Å². The van der Waals surface area contributed by atoms with E-state index in [1.54, 1.807) is 22.6 Å². The van der Waals surface area contributed by atoms with Crippen LogP contribution in [0.4, 0.5) is 0 Å². The van der Waals surface area contributed by atoms with E-state index < -0.39 is 0 Å². The predicted octanol–water partition coefficient (Wildman–Crippen LogP) is 3.16. The number of halogens is 2.